The molecule has 1 aromatic heterocycles. The fraction of sp³-hybridized carbons (Fsp3) is 0.250. The number of nitrogens with zero attached hydrogens (tertiary/aromatic N) is 4. The van der Waals surface area contributed by atoms with Crippen LogP contribution in [-0.2, 0) is 4.79 Å². The molecule has 1 fully saturated rings. The molecule has 2 aromatic carbocycles. The Bertz CT molecular complexity index is 920. The van der Waals surface area contributed by atoms with Crippen molar-refractivity contribution in [1.29, 1.82) is 0 Å². The molecule has 0 aliphatic carbocycles. The lowest BCUT2D eigenvalue weighted by molar-refractivity contribution is -0.117. The molecule has 6 heteroatoms. The van der Waals surface area contributed by atoms with E-state index in [0.29, 0.717) is 24.7 Å². The van der Waals surface area contributed by atoms with Crippen molar-refractivity contribution in [3.8, 4) is 11.5 Å². The van der Waals surface area contributed by atoms with Gasteiger partial charge in [0.15, 0.2) is 5.82 Å². The standard InChI is InChI=1S/C20H20N4O2/c1-23(2)17-10-6-7-14(11-17)20-21-19(22-26-20)15-12-18(25)24(13-15)16-8-4-3-5-9-16/h3-11,15H,12-13H2,1-2H3/t15-/m0/s1. The molecule has 0 unspecified atom stereocenters. The van der Waals surface area contributed by atoms with Crippen LogP contribution < -0.4 is 9.80 Å². The predicted octanol–water partition coefficient (Wildman–Crippen LogP) is 3.32. The highest BCUT2D eigenvalue weighted by Crippen LogP contribution is 2.31. The van der Waals surface area contributed by atoms with Gasteiger partial charge in [-0.05, 0) is 30.3 Å². The zero-order chi connectivity index (χ0) is 18.1. The third-order valence-electron chi connectivity index (χ3n) is 4.61. The van der Waals surface area contributed by atoms with Gasteiger partial charge in [-0.3, -0.25) is 4.79 Å². The van der Waals surface area contributed by atoms with Gasteiger partial charge in [-0.2, -0.15) is 4.98 Å². The van der Waals surface area contributed by atoms with Crippen LogP contribution >= 0.6 is 0 Å². The van der Waals surface area contributed by atoms with Crippen LogP contribution in [0, 0.1) is 0 Å². The van der Waals surface area contributed by atoms with Gasteiger partial charge in [-0.25, -0.2) is 0 Å². The molecule has 2 heterocycles. The van der Waals surface area contributed by atoms with Crippen molar-refractivity contribution in [2.45, 2.75) is 12.3 Å². The number of hydrogen-bond donors (Lipinski definition) is 0. The van der Waals surface area contributed by atoms with E-state index in [1.54, 1.807) is 4.90 Å². The number of aromatic nitrogens is 2. The summed E-state index contributed by atoms with van der Waals surface area (Å²) in [4.78, 5) is 20.7. The normalized spacial score (nSPS) is 16.9. The van der Waals surface area contributed by atoms with Crippen molar-refractivity contribution >= 4 is 17.3 Å². The van der Waals surface area contributed by atoms with E-state index in [-0.39, 0.29) is 11.8 Å². The number of carbonyl (C=O) groups excluding carboxylic acids is 1. The molecule has 0 spiro atoms. The van der Waals surface area contributed by atoms with E-state index in [9.17, 15) is 4.79 Å². The van der Waals surface area contributed by atoms with Gasteiger partial charge < -0.3 is 14.3 Å². The molecule has 1 atom stereocenters. The van der Waals surface area contributed by atoms with E-state index in [1.165, 1.54) is 0 Å². The SMILES string of the molecule is CN(C)c1cccc(-c2nc([C@H]3CC(=O)N(c4ccccc4)C3)no2)c1. The first kappa shape index (κ1) is 16.3. The van der Waals surface area contributed by atoms with Crippen LogP contribution in [0.25, 0.3) is 11.5 Å². The summed E-state index contributed by atoms with van der Waals surface area (Å²) in [5.74, 6) is 1.09. The number of anilines is 2. The van der Waals surface area contributed by atoms with Crippen molar-refractivity contribution in [3.05, 3.63) is 60.4 Å². The Balaban J connectivity index is 1.55. The van der Waals surface area contributed by atoms with E-state index in [0.717, 1.165) is 16.9 Å². The first-order chi connectivity index (χ1) is 12.6. The highest BCUT2D eigenvalue weighted by Gasteiger charge is 2.34. The Morgan fingerprint density at radius 2 is 1.92 bits per heavy atom. The number of rotatable bonds is 4. The summed E-state index contributed by atoms with van der Waals surface area (Å²) < 4.78 is 5.46. The summed E-state index contributed by atoms with van der Waals surface area (Å²) >= 11 is 0. The highest BCUT2D eigenvalue weighted by atomic mass is 16.5. The van der Waals surface area contributed by atoms with E-state index in [2.05, 4.69) is 10.1 Å². The largest absolute Gasteiger partial charge is 0.378 e. The fourth-order valence-electron chi connectivity index (χ4n) is 3.17. The zero-order valence-electron chi connectivity index (χ0n) is 14.8. The molecule has 0 radical (unpaired) electrons. The van der Waals surface area contributed by atoms with Crippen molar-refractivity contribution < 1.29 is 9.32 Å². The molecular weight excluding hydrogens is 328 g/mol. The van der Waals surface area contributed by atoms with Gasteiger partial charge in [0.2, 0.25) is 5.91 Å². The topological polar surface area (TPSA) is 62.5 Å². The van der Waals surface area contributed by atoms with Gasteiger partial charge in [0.25, 0.3) is 5.89 Å². The van der Waals surface area contributed by atoms with E-state index in [4.69, 9.17) is 4.52 Å². The third kappa shape index (κ3) is 3.06. The highest BCUT2D eigenvalue weighted by molar-refractivity contribution is 5.96. The van der Waals surface area contributed by atoms with E-state index >= 15 is 0 Å². The molecular formula is C20H20N4O2. The molecule has 1 aliphatic rings. The van der Waals surface area contributed by atoms with Crippen LogP contribution in [0.2, 0.25) is 0 Å². The van der Waals surface area contributed by atoms with Gasteiger partial charge in [0.1, 0.15) is 0 Å². The van der Waals surface area contributed by atoms with Crippen molar-refractivity contribution in [2.24, 2.45) is 0 Å². The summed E-state index contributed by atoms with van der Waals surface area (Å²) in [6.07, 6.45) is 0.394. The molecule has 132 valence electrons. The summed E-state index contributed by atoms with van der Waals surface area (Å²) in [7, 11) is 3.97. The Labute approximate surface area is 152 Å². The minimum atomic E-state index is -0.0581. The summed E-state index contributed by atoms with van der Waals surface area (Å²) in [5, 5.41) is 4.13. The minimum absolute atomic E-state index is 0.0581. The van der Waals surface area contributed by atoms with Crippen LogP contribution in [0.15, 0.2) is 59.1 Å². The van der Waals surface area contributed by atoms with Gasteiger partial charge in [0, 0.05) is 49.9 Å². The van der Waals surface area contributed by atoms with Crippen LogP contribution in [0.3, 0.4) is 0 Å². The molecule has 1 amide bonds. The Morgan fingerprint density at radius 3 is 2.69 bits per heavy atom. The van der Waals surface area contributed by atoms with Crippen molar-refractivity contribution in [3.63, 3.8) is 0 Å². The fourth-order valence-corrected chi connectivity index (χ4v) is 3.17. The smallest absolute Gasteiger partial charge is 0.258 e. The lowest BCUT2D eigenvalue weighted by atomic mass is 10.1. The molecule has 0 saturated carbocycles. The molecule has 4 rings (SSSR count). The summed E-state index contributed by atoms with van der Waals surface area (Å²) in [5.41, 5.74) is 2.84. The van der Waals surface area contributed by atoms with Crippen LogP contribution in [0.1, 0.15) is 18.2 Å². The Hall–Kier alpha value is -3.15. The van der Waals surface area contributed by atoms with Crippen LogP contribution in [0.5, 0.6) is 0 Å². The van der Waals surface area contributed by atoms with Gasteiger partial charge in [-0.1, -0.05) is 29.4 Å². The first-order valence-electron chi connectivity index (χ1n) is 8.58. The summed E-state index contributed by atoms with van der Waals surface area (Å²) in [6, 6.07) is 17.6. The van der Waals surface area contributed by atoms with Crippen LogP contribution in [0.4, 0.5) is 11.4 Å². The molecule has 1 aliphatic heterocycles. The second-order valence-electron chi connectivity index (χ2n) is 6.64. The molecule has 3 aromatic rings. The number of amides is 1. The maximum absolute atomic E-state index is 12.4. The maximum atomic E-state index is 12.4. The maximum Gasteiger partial charge on any atom is 0.258 e. The van der Waals surface area contributed by atoms with E-state index in [1.807, 2.05) is 73.6 Å². The molecule has 0 N–H and O–H groups in total. The lowest BCUT2D eigenvalue weighted by Gasteiger charge is -2.15. The molecule has 6 nitrogen and oxygen atoms in total. The molecule has 1 saturated heterocycles. The van der Waals surface area contributed by atoms with Crippen molar-refractivity contribution in [2.75, 3.05) is 30.4 Å². The third-order valence-corrected chi connectivity index (χ3v) is 4.61. The van der Waals surface area contributed by atoms with Crippen LogP contribution in [-0.4, -0.2) is 36.7 Å². The second-order valence-corrected chi connectivity index (χ2v) is 6.64. The minimum Gasteiger partial charge on any atom is -0.378 e. The van der Waals surface area contributed by atoms with Crippen molar-refractivity contribution in [1.82, 2.24) is 10.1 Å². The van der Waals surface area contributed by atoms with Gasteiger partial charge in [-0.15, -0.1) is 0 Å². The predicted molar refractivity (Wildman–Crippen MR) is 100 cm³/mol. The number of carbonyl (C=O) groups is 1. The second kappa shape index (κ2) is 6.63. The average Bonchev–Trinajstić information content (AvgIpc) is 3.29. The number of hydrogen-bond acceptors (Lipinski definition) is 5. The zero-order valence-corrected chi connectivity index (χ0v) is 14.8. The summed E-state index contributed by atoms with van der Waals surface area (Å²) in [6.45, 7) is 0.569. The first-order valence-corrected chi connectivity index (χ1v) is 8.58. The monoisotopic (exact) mass is 348 g/mol. The quantitative estimate of drug-likeness (QED) is 0.724. The Morgan fingerprint density at radius 1 is 1.12 bits per heavy atom. The lowest BCUT2D eigenvalue weighted by Crippen LogP contribution is -2.24. The molecule has 26 heavy (non-hydrogen) atoms. The van der Waals surface area contributed by atoms with Gasteiger partial charge >= 0.3 is 0 Å². The van der Waals surface area contributed by atoms with E-state index < -0.39 is 0 Å². The average molecular weight is 348 g/mol. The molecule has 0 bridgehead atoms. The number of benzene rings is 2. The van der Waals surface area contributed by atoms with Gasteiger partial charge in [0.05, 0.1) is 0 Å². The Kier molecular flexibility index (Phi) is 4.16. The number of para-hydroxylation sites is 1.